The molecule has 0 bridgehead atoms. The van der Waals surface area contributed by atoms with Crippen LogP contribution in [0.2, 0.25) is 0 Å². The van der Waals surface area contributed by atoms with E-state index in [4.69, 9.17) is 4.42 Å². The summed E-state index contributed by atoms with van der Waals surface area (Å²) in [5.74, 6) is 0.643. The Kier molecular flexibility index (Phi) is 4.77. The van der Waals surface area contributed by atoms with Crippen molar-refractivity contribution >= 4 is 22.6 Å². The van der Waals surface area contributed by atoms with E-state index in [9.17, 15) is 4.39 Å². The molecule has 1 unspecified atom stereocenters. The predicted octanol–water partition coefficient (Wildman–Crippen LogP) is 4.11. The molecule has 0 saturated carbocycles. The first-order valence-electron chi connectivity index (χ1n) is 5.94. The molecule has 2 aromatic rings. The van der Waals surface area contributed by atoms with Gasteiger partial charge in [0.05, 0.1) is 12.3 Å². The quantitative estimate of drug-likeness (QED) is 0.813. The highest BCUT2D eigenvalue weighted by molar-refractivity contribution is 14.1. The monoisotopic (exact) mass is 359 g/mol. The fraction of sp³-hybridized carbons (Fsp3) is 0.286. The summed E-state index contributed by atoms with van der Waals surface area (Å²) in [4.78, 5) is 0. The lowest BCUT2D eigenvalue weighted by Gasteiger charge is -2.18. The van der Waals surface area contributed by atoms with Gasteiger partial charge in [0.1, 0.15) is 11.6 Å². The molecule has 1 atom stereocenters. The van der Waals surface area contributed by atoms with Gasteiger partial charge in [0.25, 0.3) is 0 Å². The van der Waals surface area contributed by atoms with Crippen molar-refractivity contribution in [2.75, 3.05) is 6.54 Å². The Balaban J connectivity index is 2.33. The lowest BCUT2D eigenvalue weighted by molar-refractivity contribution is 0.445. The van der Waals surface area contributed by atoms with Gasteiger partial charge in [0, 0.05) is 3.57 Å². The second kappa shape index (κ2) is 6.33. The first-order valence-corrected chi connectivity index (χ1v) is 7.02. The van der Waals surface area contributed by atoms with Crippen LogP contribution in [0.4, 0.5) is 4.39 Å². The largest absolute Gasteiger partial charge is 0.467 e. The average Bonchev–Trinajstić information content (AvgIpc) is 2.85. The molecule has 0 saturated heterocycles. The maximum absolute atomic E-state index is 13.2. The average molecular weight is 359 g/mol. The summed E-state index contributed by atoms with van der Waals surface area (Å²) in [6.45, 7) is 3.00. The Hall–Kier alpha value is -0.880. The lowest BCUT2D eigenvalue weighted by Crippen LogP contribution is -2.23. The van der Waals surface area contributed by atoms with Gasteiger partial charge in [-0.1, -0.05) is 13.0 Å². The van der Waals surface area contributed by atoms with Crippen molar-refractivity contribution < 1.29 is 8.81 Å². The van der Waals surface area contributed by atoms with Crippen LogP contribution in [0.15, 0.2) is 41.0 Å². The van der Waals surface area contributed by atoms with Crippen LogP contribution in [0.3, 0.4) is 0 Å². The van der Waals surface area contributed by atoms with Crippen molar-refractivity contribution in [1.82, 2.24) is 5.32 Å². The van der Waals surface area contributed by atoms with Gasteiger partial charge in [0.2, 0.25) is 0 Å². The van der Waals surface area contributed by atoms with Crippen LogP contribution in [0, 0.1) is 9.39 Å². The fourth-order valence-electron chi connectivity index (χ4n) is 1.84. The molecule has 1 aromatic heterocycles. The van der Waals surface area contributed by atoms with Crippen molar-refractivity contribution in [3.63, 3.8) is 0 Å². The standard InChI is InChI=1S/C14H15FINO/c1-2-7-17-14(13-4-3-8-18-13)11-6-5-10(15)9-12(11)16/h3-6,8-9,14,17H,2,7H2,1H3. The van der Waals surface area contributed by atoms with E-state index in [-0.39, 0.29) is 11.9 Å². The molecule has 2 rings (SSSR count). The predicted molar refractivity (Wildman–Crippen MR) is 78.0 cm³/mol. The van der Waals surface area contributed by atoms with Gasteiger partial charge in [-0.05, 0) is 65.4 Å². The molecule has 18 heavy (non-hydrogen) atoms. The third-order valence-electron chi connectivity index (χ3n) is 2.70. The SMILES string of the molecule is CCCNC(c1ccco1)c1ccc(F)cc1I. The molecule has 1 N–H and O–H groups in total. The molecular formula is C14H15FINO. The minimum absolute atomic E-state index is 0.0209. The highest BCUT2D eigenvalue weighted by Gasteiger charge is 2.18. The van der Waals surface area contributed by atoms with E-state index in [1.807, 2.05) is 18.2 Å². The smallest absolute Gasteiger partial charge is 0.125 e. The minimum Gasteiger partial charge on any atom is -0.467 e. The third-order valence-corrected chi connectivity index (χ3v) is 3.63. The molecule has 96 valence electrons. The summed E-state index contributed by atoms with van der Waals surface area (Å²) in [5, 5.41) is 3.43. The highest BCUT2D eigenvalue weighted by atomic mass is 127. The Morgan fingerprint density at radius 2 is 2.22 bits per heavy atom. The van der Waals surface area contributed by atoms with Crippen LogP contribution in [-0.4, -0.2) is 6.54 Å². The maximum atomic E-state index is 13.2. The number of hydrogen-bond acceptors (Lipinski definition) is 2. The van der Waals surface area contributed by atoms with E-state index >= 15 is 0 Å². The summed E-state index contributed by atoms with van der Waals surface area (Å²) in [6.07, 6.45) is 2.70. The van der Waals surface area contributed by atoms with Crippen molar-refractivity contribution in [3.8, 4) is 0 Å². The van der Waals surface area contributed by atoms with Crippen molar-refractivity contribution in [2.24, 2.45) is 0 Å². The molecule has 0 aliphatic rings. The zero-order chi connectivity index (χ0) is 13.0. The van der Waals surface area contributed by atoms with E-state index in [0.29, 0.717) is 0 Å². The third kappa shape index (κ3) is 3.11. The number of benzene rings is 1. The molecule has 0 fully saturated rings. The summed E-state index contributed by atoms with van der Waals surface area (Å²) >= 11 is 2.16. The van der Waals surface area contributed by atoms with Crippen LogP contribution >= 0.6 is 22.6 Å². The van der Waals surface area contributed by atoms with Gasteiger partial charge < -0.3 is 9.73 Å². The first kappa shape index (κ1) is 13.5. The normalized spacial score (nSPS) is 12.6. The summed E-state index contributed by atoms with van der Waals surface area (Å²) < 4.78 is 19.5. The van der Waals surface area contributed by atoms with Gasteiger partial charge in [-0.25, -0.2) is 4.39 Å². The molecule has 0 spiro atoms. The van der Waals surface area contributed by atoms with E-state index in [1.165, 1.54) is 6.07 Å². The molecule has 0 aliphatic heterocycles. The van der Waals surface area contributed by atoms with Crippen LogP contribution in [0.25, 0.3) is 0 Å². The van der Waals surface area contributed by atoms with Gasteiger partial charge in [-0.3, -0.25) is 0 Å². The van der Waals surface area contributed by atoms with Gasteiger partial charge in [0.15, 0.2) is 0 Å². The van der Waals surface area contributed by atoms with Gasteiger partial charge >= 0.3 is 0 Å². The van der Waals surface area contributed by atoms with Crippen molar-refractivity contribution in [1.29, 1.82) is 0 Å². The Morgan fingerprint density at radius 3 is 2.83 bits per heavy atom. The second-order valence-electron chi connectivity index (χ2n) is 4.07. The topological polar surface area (TPSA) is 25.2 Å². The minimum atomic E-state index is -0.211. The van der Waals surface area contributed by atoms with E-state index in [2.05, 4.69) is 34.8 Å². The zero-order valence-electron chi connectivity index (χ0n) is 10.1. The molecule has 0 radical (unpaired) electrons. The molecule has 0 amide bonds. The number of rotatable bonds is 5. The molecule has 4 heteroatoms. The number of nitrogens with one attached hydrogen (secondary N) is 1. The lowest BCUT2D eigenvalue weighted by atomic mass is 10.0. The maximum Gasteiger partial charge on any atom is 0.125 e. The van der Waals surface area contributed by atoms with Crippen molar-refractivity contribution in [3.05, 3.63) is 57.3 Å². The Morgan fingerprint density at radius 1 is 1.39 bits per heavy atom. The van der Waals surface area contributed by atoms with Gasteiger partial charge in [-0.15, -0.1) is 0 Å². The van der Waals surface area contributed by atoms with Crippen molar-refractivity contribution in [2.45, 2.75) is 19.4 Å². The van der Waals surface area contributed by atoms with Crippen LogP contribution in [-0.2, 0) is 0 Å². The Labute approximate surface area is 120 Å². The number of furan rings is 1. The van der Waals surface area contributed by atoms with Crippen LogP contribution < -0.4 is 5.32 Å². The zero-order valence-corrected chi connectivity index (χ0v) is 12.3. The van der Waals surface area contributed by atoms with Gasteiger partial charge in [-0.2, -0.15) is 0 Å². The van der Waals surface area contributed by atoms with Crippen LogP contribution in [0.1, 0.15) is 30.7 Å². The summed E-state index contributed by atoms with van der Waals surface area (Å²) in [6, 6.07) is 8.62. The fourth-order valence-corrected chi connectivity index (χ4v) is 2.63. The molecule has 1 heterocycles. The summed E-state index contributed by atoms with van der Waals surface area (Å²) in [5.41, 5.74) is 1.04. The molecular weight excluding hydrogens is 344 g/mol. The number of halogens is 2. The van der Waals surface area contributed by atoms with E-state index in [1.54, 1.807) is 12.3 Å². The van der Waals surface area contributed by atoms with Crippen LogP contribution in [0.5, 0.6) is 0 Å². The Bertz CT molecular complexity index is 499. The van der Waals surface area contributed by atoms with E-state index < -0.39 is 0 Å². The second-order valence-corrected chi connectivity index (χ2v) is 5.23. The molecule has 0 aliphatic carbocycles. The molecule has 2 nitrogen and oxygen atoms in total. The highest BCUT2D eigenvalue weighted by Crippen LogP contribution is 2.27. The molecule has 1 aromatic carbocycles. The first-order chi connectivity index (χ1) is 8.72. The van der Waals surface area contributed by atoms with E-state index in [0.717, 1.165) is 27.9 Å². The number of hydrogen-bond donors (Lipinski definition) is 1. The summed E-state index contributed by atoms with van der Waals surface area (Å²) in [7, 11) is 0.